The van der Waals surface area contributed by atoms with Gasteiger partial charge in [-0.1, -0.05) is 12.1 Å². The van der Waals surface area contributed by atoms with Gasteiger partial charge in [-0.15, -0.1) is 0 Å². The second-order valence-electron chi connectivity index (χ2n) is 6.91. The summed E-state index contributed by atoms with van der Waals surface area (Å²) in [5.41, 5.74) is 1.91. The van der Waals surface area contributed by atoms with Crippen LogP contribution in [0.25, 0.3) is 0 Å². The summed E-state index contributed by atoms with van der Waals surface area (Å²) in [7, 11) is 1.59. The quantitative estimate of drug-likeness (QED) is 0.784. The minimum absolute atomic E-state index is 0.0147. The monoisotopic (exact) mass is 370 g/mol. The van der Waals surface area contributed by atoms with E-state index in [1.54, 1.807) is 23.3 Å². The molecule has 0 spiro atoms. The highest BCUT2D eigenvalue weighted by molar-refractivity contribution is 7.07. The molecule has 1 atom stereocenters. The summed E-state index contributed by atoms with van der Waals surface area (Å²) in [6, 6.07) is 9.86. The standard InChI is InChI=1S/C20H22N2O3S/c1-25-18-5-3-2-4-17(18)22-12-15(10-19(22)23)20(24)21(16-6-7-16)11-14-8-9-26-13-14/h2-5,8-9,13,15-16H,6-7,10-12H2,1H3/t15-/m1/s1. The Balaban J connectivity index is 1.51. The molecule has 0 bridgehead atoms. The fourth-order valence-electron chi connectivity index (χ4n) is 3.55. The van der Waals surface area contributed by atoms with Crippen LogP contribution in [0.15, 0.2) is 41.1 Å². The van der Waals surface area contributed by atoms with E-state index in [9.17, 15) is 9.59 Å². The van der Waals surface area contributed by atoms with E-state index in [0.717, 1.165) is 18.5 Å². The van der Waals surface area contributed by atoms with Gasteiger partial charge in [0.15, 0.2) is 0 Å². The van der Waals surface area contributed by atoms with Crippen molar-refractivity contribution in [1.82, 2.24) is 4.90 Å². The highest BCUT2D eigenvalue weighted by Gasteiger charge is 2.41. The van der Waals surface area contributed by atoms with E-state index < -0.39 is 0 Å². The summed E-state index contributed by atoms with van der Waals surface area (Å²) in [5, 5.41) is 4.12. The molecule has 0 N–H and O–H groups in total. The molecule has 2 amide bonds. The highest BCUT2D eigenvalue weighted by Crippen LogP contribution is 2.36. The number of para-hydroxylation sites is 2. The Kier molecular flexibility index (Phi) is 4.68. The second kappa shape index (κ2) is 7.11. The van der Waals surface area contributed by atoms with E-state index in [-0.39, 0.29) is 24.2 Å². The van der Waals surface area contributed by atoms with Gasteiger partial charge in [0.05, 0.1) is 18.7 Å². The van der Waals surface area contributed by atoms with Gasteiger partial charge >= 0.3 is 0 Å². The zero-order chi connectivity index (χ0) is 18.1. The number of methoxy groups -OCH3 is 1. The Labute approximate surface area is 157 Å². The van der Waals surface area contributed by atoms with Crippen molar-refractivity contribution in [1.29, 1.82) is 0 Å². The molecule has 2 heterocycles. The first-order valence-corrected chi connectivity index (χ1v) is 9.86. The fraction of sp³-hybridized carbons (Fsp3) is 0.400. The Hall–Kier alpha value is -2.34. The third-order valence-corrected chi connectivity index (χ3v) is 5.79. The molecular weight excluding hydrogens is 348 g/mol. The molecule has 0 radical (unpaired) electrons. The molecule has 1 aromatic heterocycles. The minimum atomic E-state index is -0.286. The smallest absolute Gasteiger partial charge is 0.228 e. The molecule has 26 heavy (non-hydrogen) atoms. The van der Waals surface area contributed by atoms with E-state index in [2.05, 4.69) is 11.4 Å². The number of ether oxygens (including phenoxy) is 1. The zero-order valence-corrected chi connectivity index (χ0v) is 15.6. The van der Waals surface area contributed by atoms with Crippen LogP contribution >= 0.6 is 11.3 Å². The molecule has 1 saturated carbocycles. The van der Waals surface area contributed by atoms with Gasteiger partial charge in [0.25, 0.3) is 0 Å². The van der Waals surface area contributed by atoms with Gasteiger partial charge in [-0.05, 0) is 47.4 Å². The number of carbonyl (C=O) groups excluding carboxylic acids is 2. The fourth-order valence-corrected chi connectivity index (χ4v) is 4.21. The molecule has 6 heteroatoms. The Morgan fingerprint density at radius 2 is 2.12 bits per heavy atom. The Bertz CT molecular complexity index is 801. The zero-order valence-electron chi connectivity index (χ0n) is 14.8. The molecular formula is C20H22N2O3S. The van der Waals surface area contributed by atoms with E-state index in [1.807, 2.05) is 34.5 Å². The summed E-state index contributed by atoms with van der Waals surface area (Å²) in [4.78, 5) is 29.4. The van der Waals surface area contributed by atoms with Crippen molar-refractivity contribution < 1.29 is 14.3 Å². The number of anilines is 1. The molecule has 1 aromatic carbocycles. The van der Waals surface area contributed by atoms with Crippen molar-refractivity contribution in [2.75, 3.05) is 18.6 Å². The molecule has 5 nitrogen and oxygen atoms in total. The van der Waals surface area contributed by atoms with Crippen molar-refractivity contribution in [3.63, 3.8) is 0 Å². The van der Waals surface area contributed by atoms with Crippen LogP contribution in [0.1, 0.15) is 24.8 Å². The topological polar surface area (TPSA) is 49.9 Å². The number of amides is 2. The number of carbonyl (C=O) groups is 2. The number of hydrogen-bond donors (Lipinski definition) is 0. The molecule has 0 unspecified atom stereocenters. The van der Waals surface area contributed by atoms with Gasteiger partial charge in [-0.25, -0.2) is 0 Å². The van der Waals surface area contributed by atoms with Gasteiger partial charge in [0.2, 0.25) is 11.8 Å². The average Bonchev–Trinajstić information content (AvgIpc) is 3.23. The average molecular weight is 370 g/mol. The van der Waals surface area contributed by atoms with E-state index in [1.165, 1.54) is 5.56 Å². The van der Waals surface area contributed by atoms with Crippen molar-refractivity contribution >= 4 is 28.8 Å². The van der Waals surface area contributed by atoms with Crippen LogP contribution in [0.5, 0.6) is 5.75 Å². The summed E-state index contributed by atoms with van der Waals surface area (Å²) in [6.07, 6.45) is 2.39. The number of hydrogen-bond acceptors (Lipinski definition) is 4. The van der Waals surface area contributed by atoms with Gasteiger partial charge in [0.1, 0.15) is 5.75 Å². The lowest BCUT2D eigenvalue weighted by molar-refractivity contribution is -0.137. The molecule has 2 aliphatic rings. The van der Waals surface area contributed by atoms with Gasteiger partial charge in [-0.2, -0.15) is 11.3 Å². The first-order chi connectivity index (χ1) is 12.7. The normalized spacial score (nSPS) is 19.7. The lowest BCUT2D eigenvalue weighted by Gasteiger charge is -2.25. The predicted octanol–water partition coefficient (Wildman–Crippen LogP) is 3.30. The van der Waals surface area contributed by atoms with Crippen molar-refractivity contribution in [2.24, 2.45) is 5.92 Å². The predicted molar refractivity (Wildman–Crippen MR) is 101 cm³/mol. The number of thiophene rings is 1. The molecule has 2 fully saturated rings. The number of rotatable bonds is 6. The first kappa shape index (κ1) is 17.1. The van der Waals surface area contributed by atoms with E-state index in [0.29, 0.717) is 24.9 Å². The van der Waals surface area contributed by atoms with Crippen LogP contribution in [-0.2, 0) is 16.1 Å². The summed E-state index contributed by atoms with van der Waals surface area (Å²) in [5.74, 6) is 0.460. The maximum Gasteiger partial charge on any atom is 0.228 e. The largest absolute Gasteiger partial charge is 0.495 e. The molecule has 4 rings (SSSR count). The summed E-state index contributed by atoms with van der Waals surface area (Å²) >= 11 is 1.65. The van der Waals surface area contributed by atoms with Crippen molar-refractivity contribution in [3.8, 4) is 5.75 Å². The molecule has 1 aliphatic heterocycles. The number of nitrogens with zero attached hydrogens (tertiary/aromatic N) is 2. The second-order valence-corrected chi connectivity index (χ2v) is 7.69. The lowest BCUT2D eigenvalue weighted by atomic mass is 10.1. The molecule has 136 valence electrons. The van der Waals surface area contributed by atoms with Crippen molar-refractivity contribution in [2.45, 2.75) is 31.8 Å². The van der Waals surface area contributed by atoms with Gasteiger partial charge in [0, 0.05) is 25.6 Å². The first-order valence-electron chi connectivity index (χ1n) is 8.92. The van der Waals surface area contributed by atoms with Gasteiger partial charge < -0.3 is 14.5 Å². The van der Waals surface area contributed by atoms with Crippen LogP contribution in [-0.4, -0.2) is 36.4 Å². The van der Waals surface area contributed by atoms with Crippen LogP contribution in [0, 0.1) is 5.92 Å². The van der Waals surface area contributed by atoms with Crippen LogP contribution < -0.4 is 9.64 Å². The molecule has 2 aromatic rings. The summed E-state index contributed by atoms with van der Waals surface area (Å²) < 4.78 is 5.38. The lowest BCUT2D eigenvalue weighted by Crippen LogP contribution is -2.38. The van der Waals surface area contributed by atoms with E-state index >= 15 is 0 Å². The summed E-state index contributed by atoms with van der Waals surface area (Å²) in [6.45, 7) is 1.07. The van der Waals surface area contributed by atoms with Crippen LogP contribution in [0.3, 0.4) is 0 Å². The Morgan fingerprint density at radius 3 is 2.81 bits per heavy atom. The maximum atomic E-state index is 13.1. The van der Waals surface area contributed by atoms with E-state index in [4.69, 9.17) is 4.74 Å². The van der Waals surface area contributed by atoms with Crippen LogP contribution in [0.2, 0.25) is 0 Å². The van der Waals surface area contributed by atoms with Crippen molar-refractivity contribution in [3.05, 3.63) is 46.7 Å². The SMILES string of the molecule is COc1ccccc1N1C[C@H](C(=O)N(Cc2ccsc2)C2CC2)CC1=O. The maximum absolute atomic E-state index is 13.1. The number of benzene rings is 1. The molecule has 1 saturated heterocycles. The third kappa shape index (κ3) is 3.33. The van der Waals surface area contributed by atoms with Crippen LogP contribution in [0.4, 0.5) is 5.69 Å². The minimum Gasteiger partial charge on any atom is -0.495 e. The Morgan fingerprint density at radius 1 is 1.31 bits per heavy atom. The highest BCUT2D eigenvalue weighted by atomic mass is 32.1. The molecule has 1 aliphatic carbocycles. The third-order valence-electron chi connectivity index (χ3n) is 5.05. The van der Waals surface area contributed by atoms with Gasteiger partial charge in [-0.3, -0.25) is 9.59 Å².